The maximum atomic E-state index is 13.3. The molecule has 0 radical (unpaired) electrons. The van der Waals surface area contributed by atoms with Gasteiger partial charge in [-0.15, -0.1) is 0 Å². The molecule has 0 saturated carbocycles. The van der Waals surface area contributed by atoms with Crippen LogP contribution < -0.4 is 10.6 Å². The largest absolute Gasteiger partial charge is 0.321 e. The van der Waals surface area contributed by atoms with E-state index in [1.54, 1.807) is 0 Å². The first-order valence-electron chi connectivity index (χ1n) is 9.42. The van der Waals surface area contributed by atoms with Crippen LogP contribution in [-0.2, 0) is 4.79 Å². The number of carbonyl (C=O) groups is 2. The van der Waals surface area contributed by atoms with Crippen molar-refractivity contribution in [1.29, 1.82) is 0 Å². The molecule has 0 aliphatic carbocycles. The van der Waals surface area contributed by atoms with Crippen molar-refractivity contribution in [2.45, 2.75) is 0 Å². The quantitative estimate of drug-likeness (QED) is 0.282. The fraction of sp³-hybridized carbons (Fsp3) is 0. The first-order valence-corrected chi connectivity index (χ1v) is 9.80. The highest BCUT2D eigenvalue weighted by Gasteiger charge is 2.18. The third kappa shape index (κ3) is 5.99. The molecule has 2 N–H and O–H groups in total. The van der Waals surface area contributed by atoms with E-state index in [9.17, 15) is 34.2 Å². The van der Waals surface area contributed by atoms with E-state index in [0.717, 1.165) is 18.2 Å². The average Bonchev–Trinajstić information content (AvgIpc) is 2.79. The molecule has 34 heavy (non-hydrogen) atoms. The van der Waals surface area contributed by atoms with E-state index in [1.165, 1.54) is 54.6 Å². The number of hydrogen-bond acceptors (Lipinski definition) is 6. The fourth-order valence-corrected chi connectivity index (χ4v) is 3.03. The fourth-order valence-electron chi connectivity index (χ4n) is 2.78. The summed E-state index contributed by atoms with van der Waals surface area (Å²) >= 11 is 5.92. The van der Waals surface area contributed by atoms with Gasteiger partial charge in [-0.05, 0) is 42.0 Å². The molecule has 3 aromatic rings. The van der Waals surface area contributed by atoms with E-state index in [1.807, 2.05) is 0 Å². The first kappa shape index (κ1) is 24.0. The molecule has 0 heterocycles. The summed E-state index contributed by atoms with van der Waals surface area (Å²) in [6, 6.07) is 13.3. The van der Waals surface area contributed by atoms with Gasteiger partial charge in [0.2, 0.25) is 0 Å². The van der Waals surface area contributed by atoms with Crippen LogP contribution in [0.15, 0.2) is 72.4 Å². The number of nitrogens with one attached hydrogen (secondary N) is 2. The number of nitro groups is 2. The molecule has 12 heteroatoms. The van der Waals surface area contributed by atoms with Crippen LogP contribution in [0.5, 0.6) is 0 Å². The Bertz CT molecular complexity index is 1330. The maximum Gasteiger partial charge on any atom is 0.272 e. The molecule has 0 bridgehead atoms. The molecule has 0 aliphatic rings. The van der Waals surface area contributed by atoms with Crippen molar-refractivity contribution in [2.24, 2.45) is 0 Å². The van der Waals surface area contributed by atoms with Crippen molar-refractivity contribution in [3.63, 3.8) is 0 Å². The molecule has 2 amide bonds. The summed E-state index contributed by atoms with van der Waals surface area (Å²) in [6.45, 7) is 0. The monoisotopic (exact) mass is 484 g/mol. The predicted octanol–water partition coefficient (Wildman–Crippen LogP) is 4.71. The lowest BCUT2D eigenvalue weighted by molar-refractivity contribution is -0.385. The van der Waals surface area contributed by atoms with Crippen LogP contribution in [-0.4, -0.2) is 21.7 Å². The summed E-state index contributed by atoms with van der Waals surface area (Å²) in [5, 5.41) is 26.5. The van der Waals surface area contributed by atoms with E-state index < -0.39 is 27.5 Å². The molecule has 172 valence electrons. The zero-order valence-electron chi connectivity index (χ0n) is 17.0. The third-order valence-electron chi connectivity index (χ3n) is 4.40. The zero-order chi connectivity index (χ0) is 24.8. The Morgan fingerprint density at radius 1 is 0.912 bits per heavy atom. The van der Waals surface area contributed by atoms with Crippen LogP contribution in [0.4, 0.5) is 21.5 Å². The van der Waals surface area contributed by atoms with Crippen molar-refractivity contribution in [2.75, 3.05) is 5.32 Å². The molecular weight excluding hydrogens is 471 g/mol. The lowest BCUT2D eigenvalue weighted by atomic mass is 10.1. The number of amides is 2. The normalized spacial score (nSPS) is 10.9. The molecule has 0 atom stereocenters. The van der Waals surface area contributed by atoms with Gasteiger partial charge in [0, 0.05) is 30.0 Å². The molecule has 3 aromatic carbocycles. The van der Waals surface area contributed by atoms with Crippen LogP contribution in [0.2, 0.25) is 5.02 Å². The van der Waals surface area contributed by atoms with Crippen molar-refractivity contribution in [3.05, 3.63) is 115 Å². The van der Waals surface area contributed by atoms with Gasteiger partial charge in [0.25, 0.3) is 23.2 Å². The van der Waals surface area contributed by atoms with Crippen LogP contribution in [0.1, 0.15) is 15.9 Å². The molecular formula is C22H14ClFN4O6. The van der Waals surface area contributed by atoms with Gasteiger partial charge in [0.15, 0.2) is 0 Å². The number of carbonyl (C=O) groups excluding carboxylic acids is 2. The Morgan fingerprint density at radius 3 is 2.21 bits per heavy atom. The second-order valence-electron chi connectivity index (χ2n) is 6.75. The number of nitrogens with zero attached hydrogens (tertiary/aromatic N) is 2. The third-order valence-corrected chi connectivity index (χ3v) is 4.71. The highest BCUT2D eigenvalue weighted by Crippen LogP contribution is 2.20. The Hall–Kier alpha value is -4.64. The van der Waals surface area contributed by atoms with Gasteiger partial charge in [-0.3, -0.25) is 29.8 Å². The van der Waals surface area contributed by atoms with E-state index in [2.05, 4.69) is 10.6 Å². The van der Waals surface area contributed by atoms with Crippen molar-refractivity contribution < 1.29 is 23.8 Å². The molecule has 0 unspecified atom stereocenters. The summed E-state index contributed by atoms with van der Waals surface area (Å²) in [5.41, 5.74) is -0.440. The molecule has 0 saturated heterocycles. The van der Waals surface area contributed by atoms with Gasteiger partial charge >= 0.3 is 0 Å². The smallest absolute Gasteiger partial charge is 0.272 e. The van der Waals surface area contributed by atoms with Crippen LogP contribution in [0, 0.1) is 26.0 Å². The lowest BCUT2D eigenvalue weighted by Crippen LogP contribution is -2.31. The summed E-state index contributed by atoms with van der Waals surface area (Å²) in [5.74, 6) is -2.32. The van der Waals surface area contributed by atoms with E-state index in [0.29, 0.717) is 0 Å². The van der Waals surface area contributed by atoms with Gasteiger partial charge in [0.05, 0.1) is 20.4 Å². The number of nitro benzene ring substituents is 2. The topological polar surface area (TPSA) is 144 Å². The maximum absolute atomic E-state index is 13.3. The minimum absolute atomic E-state index is 0.115. The van der Waals surface area contributed by atoms with Crippen LogP contribution in [0.3, 0.4) is 0 Å². The second kappa shape index (κ2) is 10.3. The Kier molecular flexibility index (Phi) is 7.29. The molecule has 0 fully saturated rings. The predicted molar refractivity (Wildman–Crippen MR) is 122 cm³/mol. The van der Waals surface area contributed by atoms with Crippen molar-refractivity contribution in [1.82, 2.24) is 5.32 Å². The molecule has 0 aromatic heterocycles. The number of hydrogen-bond donors (Lipinski definition) is 2. The van der Waals surface area contributed by atoms with Crippen molar-refractivity contribution >= 4 is 46.6 Å². The van der Waals surface area contributed by atoms with E-state index in [-0.39, 0.29) is 38.9 Å². The lowest BCUT2D eigenvalue weighted by Gasteiger charge is -2.12. The standard InChI is InChI=1S/C22H14ClFN4O6/c23-19-12-14(24)4-9-18(19)21(29)26-20(11-13-2-1-3-17(10-13)28(33)34)22(30)25-15-5-7-16(8-6-15)27(31)32/h1-12H,(H,25,30)(H,26,29). The molecule has 0 spiro atoms. The Labute approximate surface area is 196 Å². The minimum atomic E-state index is -0.833. The summed E-state index contributed by atoms with van der Waals surface area (Å²) in [6.07, 6.45) is 1.20. The van der Waals surface area contributed by atoms with Gasteiger partial charge in [0.1, 0.15) is 11.5 Å². The SMILES string of the molecule is O=C(Nc1ccc([N+](=O)[O-])cc1)C(=Cc1cccc([N+](=O)[O-])c1)NC(=O)c1ccc(F)cc1Cl. The van der Waals surface area contributed by atoms with Crippen LogP contribution >= 0.6 is 11.6 Å². The summed E-state index contributed by atoms with van der Waals surface area (Å²) < 4.78 is 13.3. The van der Waals surface area contributed by atoms with Gasteiger partial charge in [-0.25, -0.2) is 4.39 Å². The number of halogens is 2. The second-order valence-corrected chi connectivity index (χ2v) is 7.15. The number of benzene rings is 3. The van der Waals surface area contributed by atoms with Crippen LogP contribution in [0.25, 0.3) is 6.08 Å². The average molecular weight is 485 g/mol. The Morgan fingerprint density at radius 2 is 1.59 bits per heavy atom. The Balaban J connectivity index is 1.94. The van der Waals surface area contributed by atoms with Gasteiger partial charge in [-0.2, -0.15) is 0 Å². The molecule has 0 aliphatic heterocycles. The van der Waals surface area contributed by atoms with Gasteiger partial charge in [-0.1, -0.05) is 23.7 Å². The molecule has 10 nitrogen and oxygen atoms in total. The summed E-state index contributed by atoms with van der Waals surface area (Å²) in [7, 11) is 0. The number of rotatable bonds is 7. The number of anilines is 1. The molecule has 3 rings (SSSR count). The summed E-state index contributed by atoms with van der Waals surface area (Å²) in [4.78, 5) is 46.3. The van der Waals surface area contributed by atoms with E-state index in [4.69, 9.17) is 11.6 Å². The zero-order valence-corrected chi connectivity index (χ0v) is 17.8. The van der Waals surface area contributed by atoms with Gasteiger partial charge < -0.3 is 10.6 Å². The van der Waals surface area contributed by atoms with E-state index >= 15 is 0 Å². The minimum Gasteiger partial charge on any atom is -0.321 e. The highest BCUT2D eigenvalue weighted by atomic mass is 35.5. The number of non-ortho nitro benzene ring substituents is 2. The highest BCUT2D eigenvalue weighted by molar-refractivity contribution is 6.34. The van der Waals surface area contributed by atoms with Crippen molar-refractivity contribution in [3.8, 4) is 0 Å². The first-order chi connectivity index (χ1) is 16.1.